The minimum absolute atomic E-state index is 0.0195. The minimum atomic E-state index is 0.0195. The molecule has 1 aromatic heterocycles. The van der Waals surface area contributed by atoms with Gasteiger partial charge >= 0.3 is 0 Å². The first-order chi connectivity index (χ1) is 7.18. The molecule has 1 rings (SSSR count). The Morgan fingerprint density at radius 1 is 1.19 bits per heavy atom. The minimum Gasteiger partial charge on any atom is -0.490 e. The zero-order valence-electron chi connectivity index (χ0n) is 11.4. The SMILES string of the molecule is CC(C)(C)CCOc1cnn(C(C)(C)C)c1. The van der Waals surface area contributed by atoms with Crippen molar-refractivity contribution < 1.29 is 4.74 Å². The van der Waals surface area contributed by atoms with E-state index in [1.165, 1.54) is 0 Å². The second-order valence-electron chi connectivity index (χ2n) is 6.45. The highest BCUT2D eigenvalue weighted by atomic mass is 16.5. The summed E-state index contributed by atoms with van der Waals surface area (Å²) < 4.78 is 7.60. The summed E-state index contributed by atoms with van der Waals surface area (Å²) in [4.78, 5) is 0. The van der Waals surface area contributed by atoms with Crippen molar-refractivity contribution in [3.8, 4) is 5.75 Å². The summed E-state index contributed by atoms with van der Waals surface area (Å²) in [6.45, 7) is 13.8. The van der Waals surface area contributed by atoms with E-state index in [9.17, 15) is 0 Å². The van der Waals surface area contributed by atoms with Crippen LogP contribution in [0.4, 0.5) is 0 Å². The van der Waals surface area contributed by atoms with Gasteiger partial charge in [-0.2, -0.15) is 5.10 Å². The predicted octanol–water partition coefficient (Wildman–Crippen LogP) is 3.45. The monoisotopic (exact) mass is 224 g/mol. The highest BCUT2D eigenvalue weighted by molar-refractivity contribution is 5.12. The van der Waals surface area contributed by atoms with Crippen LogP contribution in [-0.2, 0) is 5.54 Å². The van der Waals surface area contributed by atoms with Crippen molar-refractivity contribution in [3.05, 3.63) is 12.4 Å². The molecular weight excluding hydrogens is 200 g/mol. The van der Waals surface area contributed by atoms with E-state index >= 15 is 0 Å². The van der Waals surface area contributed by atoms with E-state index in [2.05, 4.69) is 46.6 Å². The van der Waals surface area contributed by atoms with Crippen molar-refractivity contribution in [2.75, 3.05) is 6.61 Å². The van der Waals surface area contributed by atoms with Gasteiger partial charge in [0.1, 0.15) is 0 Å². The molecule has 92 valence electrons. The summed E-state index contributed by atoms with van der Waals surface area (Å²) in [7, 11) is 0. The Kier molecular flexibility index (Phi) is 3.66. The summed E-state index contributed by atoms with van der Waals surface area (Å²) in [5, 5.41) is 4.29. The van der Waals surface area contributed by atoms with Crippen molar-refractivity contribution in [1.29, 1.82) is 0 Å². The smallest absolute Gasteiger partial charge is 0.157 e. The molecule has 0 amide bonds. The highest BCUT2D eigenvalue weighted by Gasteiger charge is 2.15. The average molecular weight is 224 g/mol. The van der Waals surface area contributed by atoms with Gasteiger partial charge in [0, 0.05) is 0 Å². The summed E-state index contributed by atoms with van der Waals surface area (Å²) in [6.07, 6.45) is 4.80. The molecular formula is C13H24N2O. The fourth-order valence-corrected chi connectivity index (χ4v) is 1.22. The van der Waals surface area contributed by atoms with Crippen molar-refractivity contribution in [3.63, 3.8) is 0 Å². The topological polar surface area (TPSA) is 27.1 Å². The molecule has 0 radical (unpaired) electrons. The maximum absolute atomic E-state index is 5.67. The van der Waals surface area contributed by atoms with Crippen molar-refractivity contribution in [2.24, 2.45) is 5.41 Å². The van der Waals surface area contributed by atoms with Crippen LogP contribution in [0, 0.1) is 5.41 Å². The standard InChI is InChI=1S/C13H24N2O/c1-12(2,3)7-8-16-11-9-14-15(10-11)13(4,5)6/h9-10H,7-8H2,1-6H3. The molecule has 0 aliphatic heterocycles. The van der Waals surface area contributed by atoms with E-state index < -0.39 is 0 Å². The van der Waals surface area contributed by atoms with E-state index in [1.54, 1.807) is 6.20 Å². The first-order valence-corrected chi connectivity index (χ1v) is 5.86. The maximum Gasteiger partial charge on any atom is 0.157 e. The molecule has 0 saturated heterocycles. The fourth-order valence-electron chi connectivity index (χ4n) is 1.22. The van der Waals surface area contributed by atoms with Crippen LogP contribution in [0.5, 0.6) is 5.75 Å². The third-order valence-electron chi connectivity index (χ3n) is 2.37. The van der Waals surface area contributed by atoms with Gasteiger partial charge in [0.2, 0.25) is 0 Å². The quantitative estimate of drug-likeness (QED) is 0.786. The molecule has 0 unspecified atom stereocenters. The van der Waals surface area contributed by atoms with Gasteiger partial charge in [-0.1, -0.05) is 20.8 Å². The van der Waals surface area contributed by atoms with Gasteiger partial charge < -0.3 is 4.74 Å². The van der Waals surface area contributed by atoms with Crippen LogP contribution in [0.2, 0.25) is 0 Å². The zero-order chi connectivity index (χ0) is 12.4. The van der Waals surface area contributed by atoms with E-state index in [0.717, 1.165) is 18.8 Å². The number of hydrogen-bond acceptors (Lipinski definition) is 2. The van der Waals surface area contributed by atoms with Crippen LogP contribution in [0.3, 0.4) is 0 Å². The summed E-state index contributed by atoms with van der Waals surface area (Å²) in [6, 6.07) is 0. The largest absolute Gasteiger partial charge is 0.490 e. The second kappa shape index (κ2) is 4.48. The zero-order valence-corrected chi connectivity index (χ0v) is 11.4. The summed E-state index contributed by atoms with van der Waals surface area (Å²) in [5.74, 6) is 0.860. The van der Waals surface area contributed by atoms with Crippen molar-refractivity contribution in [1.82, 2.24) is 9.78 Å². The van der Waals surface area contributed by atoms with E-state index in [4.69, 9.17) is 4.74 Å². The lowest BCUT2D eigenvalue weighted by molar-refractivity contribution is 0.242. The predicted molar refractivity (Wildman–Crippen MR) is 66.8 cm³/mol. The molecule has 1 heterocycles. The normalized spacial score (nSPS) is 12.9. The molecule has 0 spiro atoms. The lowest BCUT2D eigenvalue weighted by Gasteiger charge is -2.19. The summed E-state index contributed by atoms with van der Waals surface area (Å²) in [5.41, 5.74) is 0.339. The Morgan fingerprint density at radius 2 is 1.81 bits per heavy atom. The Morgan fingerprint density at radius 3 is 2.25 bits per heavy atom. The lowest BCUT2D eigenvalue weighted by Crippen LogP contribution is -2.21. The second-order valence-corrected chi connectivity index (χ2v) is 6.45. The summed E-state index contributed by atoms with van der Waals surface area (Å²) >= 11 is 0. The first kappa shape index (κ1) is 13.1. The molecule has 0 N–H and O–H groups in total. The van der Waals surface area contributed by atoms with E-state index in [0.29, 0.717) is 5.41 Å². The van der Waals surface area contributed by atoms with Gasteiger partial charge in [-0.05, 0) is 32.6 Å². The van der Waals surface area contributed by atoms with E-state index in [-0.39, 0.29) is 5.54 Å². The Balaban J connectivity index is 2.48. The number of hydrogen-bond donors (Lipinski definition) is 0. The van der Waals surface area contributed by atoms with Crippen LogP contribution in [-0.4, -0.2) is 16.4 Å². The van der Waals surface area contributed by atoms with Crippen LogP contribution in [0.1, 0.15) is 48.0 Å². The number of ether oxygens (including phenoxy) is 1. The molecule has 0 aromatic carbocycles. The van der Waals surface area contributed by atoms with Gasteiger partial charge in [0.05, 0.1) is 24.5 Å². The molecule has 0 atom stereocenters. The fraction of sp³-hybridized carbons (Fsp3) is 0.769. The van der Waals surface area contributed by atoms with Crippen LogP contribution in [0.25, 0.3) is 0 Å². The van der Waals surface area contributed by atoms with Gasteiger partial charge in [0.15, 0.2) is 5.75 Å². The average Bonchev–Trinajstić information content (AvgIpc) is 2.49. The third kappa shape index (κ3) is 4.25. The van der Waals surface area contributed by atoms with Crippen LogP contribution < -0.4 is 4.74 Å². The Bertz CT molecular complexity index is 328. The van der Waals surface area contributed by atoms with Crippen molar-refractivity contribution in [2.45, 2.75) is 53.5 Å². The number of rotatable bonds is 3. The van der Waals surface area contributed by atoms with Gasteiger partial charge in [-0.15, -0.1) is 0 Å². The number of nitrogens with zero attached hydrogens (tertiary/aromatic N) is 2. The molecule has 3 heteroatoms. The van der Waals surface area contributed by atoms with Gasteiger partial charge in [-0.3, -0.25) is 4.68 Å². The van der Waals surface area contributed by atoms with Gasteiger partial charge in [-0.25, -0.2) is 0 Å². The molecule has 0 aliphatic carbocycles. The molecule has 0 saturated carbocycles. The number of aromatic nitrogens is 2. The third-order valence-corrected chi connectivity index (χ3v) is 2.37. The Labute approximate surface area is 98.8 Å². The molecule has 3 nitrogen and oxygen atoms in total. The van der Waals surface area contributed by atoms with Gasteiger partial charge in [0.25, 0.3) is 0 Å². The van der Waals surface area contributed by atoms with Crippen LogP contribution >= 0.6 is 0 Å². The molecule has 1 aromatic rings. The molecule has 0 aliphatic rings. The van der Waals surface area contributed by atoms with E-state index in [1.807, 2.05) is 10.9 Å². The molecule has 0 fully saturated rings. The first-order valence-electron chi connectivity index (χ1n) is 5.86. The molecule has 0 bridgehead atoms. The maximum atomic E-state index is 5.67. The van der Waals surface area contributed by atoms with Crippen LogP contribution in [0.15, 0.2) is 12.4 Å². The van der Waals surface area contributed by atoms with Crippen molar-refractivity contribution >= 4 is 0 Å². The highest BCUT2D eigenvalue weighted by Crippen LogP contribution is 2.21. The lowest BCUT2D eigenvalue weighted by atomic mass is 9.93. The molecule has 16 heavy (non-hydrogen) atoms. The Hall–Kier alpha value is -0.990.